The van der Waals surface area contributed by atoms with Gasteiger partial charge in [0, 0.05) is 0 Å². The van der Waals surface area contributed by atoms with Gasteiger partial charge in [0.1, 0.15) is 0 Å². The minimum absolute atomic E-state index is 0.354. The zero-order valence-electron chi connectivity index (χ0n) is 9.76. The van der Waals surface area contributed by atoms with Gasteiger partial charge in [-0.2, -0.15) is 0 Å². The Morgan fingerprint density at radius 3 is 2.42 bits per heavy atom. The molecule has 0 radical (unpaired) electrons. The Morgan fingerprint density at radius 1 is 0.947 bits per heavy atom. The van der Waals surface area contributed by atoms with E-state index in [0.29, 0.717) is 21.6 Å². The van der Waals surface area contributed by atoms with Gasteiger partial charge >= 0.3 is 5.69 Å². The smallest absolute Gasteiger partial charge is 0.305 e. The Morgan fingerprint density at radius 2 is 1.68 bits per heavy atom. The highest BCUT2D eigenvalue weighted by molar-refractivity contribution is 6.34. The number of aromatic amines is 1. The summed E-state index contributed by atoms with van der Waals surface area (Å²) in [7, 11) is 0. The lowest BCUT2D eigenvalue weighted by Gasteiger charge is -2.06. The lowest BCUT2D eigenvalue weighted by Crippen LogP contribution is -2.33. The monoisotopic (exact) mass is 272 g/mol. The molecule has 0 aliphatic heterocycles. The predicted molar refractivity (Wildman–Crippen MR) is 75.2 cm³/mol. The molecule has 0 amide bonds. The molecular formula is C14H9ClN2O2. The molecule has 0 saturated heterocycles. The normalized spacial score (nSPS) is 10.8. The third-order valence-corrected chi connectivity index (χ3v) is 3.21. The van der Waals surface area contributed by atoms with Gasteiger partial charge < -0.3 is 4.98 Å². The number of para-hydroxylation sites is 2. The lowest BCUT2D eigenvalue weighted by atomic mass is 10.2. The van der Waals surface area contributed by atoms with Crippen molar-refractivity contribution in [1.29, 1.82) is 0 Å². The van der Waals surface area contributed by atoms with Crippen LogP contribution in [0.1, 0.15) is 0 Å². The summed E-state index contributed by atoms with van der Waals surface area (Å²) in [6.45, 7) is 0. The van der Waals surface area contributed by atoms with E-state index < -0.39 is 5.69 Å². The van der Waals surface area contributed by atoms with Crippen molar-refractivity contribution in [3.8, 4) is 5.69 Å². The second-order valence-electron chi connectivity index (χ2n) is 4.07. The molecule has 5 heteroatoms. The van der Waals surface area contributed by atoms with Gasteiger partial charge in [-0.1, -0.05) is 35.9 Å². The summed E-state index contributed by atoms with van der Waals surface area (Å²) in [4.78, 5) is 27.1. The maximum Gasteiger partial charge on any atom is 0.333 e. The molecule has 19 heavy (non-hydrogen) atoms. The van der Waals surface area contributed by atoms with Gasteiger partial charge in [0.25, 0.3) is 5.56 Å². The average Bonchev–Trinajstić information content (AvgIpc) is 2.41. The summed E-state index contributed by atoms with van der Waals surface area (Å²) < 4.78 is 1.10. The molecule has 0 spiro atoms. The van der Waals surface area contributed by atoms with Gasteiger partial charge in [-0.3, -0.25) is 4.79 Å². The molecule has 0 saturated carbocycles. The molecule has 1 aromatic heterocycles. The molecule has 3 rings (SSSR count). The molecule has 1 N–H and O–H groups in total. The fraction of sp³-hybridized carbons (Fsp3) is 0. The highest BCUT2D eigenvalue weighted by Gasteiger charge is 2.10. The maximum atomic E-state index is 12.4. The van der Waals surface area contributed by atoms with Crippen LogP contribution >= 0.6 is 11.6 Å². The van der Waals surface area contributed by atoms with Crippen LogP contribution in [0.15, 0.2) is 58.1 Å². The third kappa shape index (κ3) is 1.86. The zero-order valence-corrected chi connectivity index (χ0v) is 10.5. The number of fused-ring (bicyclic) bond motifs is 1. The molecular weight excluding hydrogens is 264 g/mol. The standard InChI is InChI=1S/C14H9ClN2O2/c15-11-8-4-7-10-12(11)16-14(19)17(13(10)18)9-5-2-1-3-6-9/h1-8H,(H,16,19). The van der Waals surface area contributed by atoms with Crippen molar-refractivity contribution in [1.82, 2.24) is 9.55 Å². The Labute approximate surface area is 112 Å². The van der Waals surface area contributed by atoms with Crippen molar-refractivity contribution in [3.63, 3.8) is 0 Å². The quantitative estimate of drug-likeness (QED) is 0.739. The van der Waals surface area contributed by atoms with Crippen LogP contribution in [0.25, 0.3) is 16.6 Å². The van der Waals surface area contributed by atoms with Crippen LogP contribution in [0.5, 0.6) is 0 Å². The summed E-state index contributed by atoms with van der Waals surface area (Å²) in [5.74, 6) is 0. The van der Waals surface area contributed by atoms with Gasteiger partial charge in [-0.05, 0) is 24.3 Å². The van der Waals surface area contributed by atoms with Crippen molar-refractivity contribution in [2.45, 2.75) is 0 Å². The van der Waals surface area contributed by atoms with Gasteiger partial charge in [0.2, 0.25) is 0 Å². The van der Waals surface area contributed by atoms with E-state index in [2.05, 4.69) is 4.98 Å². The summed E-state index contributed by atoms with van der Waals surface area (Å²) >= 11 is 5.98. The van der Waals surface area contributed by atoms with E-state index in [0.717, 1.165) is 4.57 Å². The molecule has 1 heterocycles. The van der Waals surface area contributed by atoms with Crippen LogP contribution in [0, 0.1) is 0 Å². The lowest BCUT2D eigenvalue weighted by molar-refractivity contribution is 0.901. The van der Waals surface area contributed by atoms with Crippen LogP contribution in [0.2, 0.25) is 5.02 Å². The van der Waals surface area contributed by atoms with Crippen LogP contribution in [0.3, 0.4) is 0 Å². The summed E-state index contributed by atoms with van der Waals surface area (Å²) in [5, 5.41) is 0.739. The zero-order chi connectivity index (χ0) is 13.4. The summed E-state index contributed by atoms with van der Waals surface area (Å²) in [6, 6.07) is 13.7. The van der Waals surface area contributed by atoms with Crippen molar-refractivity contribution >= 4 is 22.5 Å². The molecule has 0 unspecified atom stereocenters. The first-order chi connectivity index (χ1) is 9.18. The van der Waals surface area contributed by atoms with Crippen molar-refractivity contribution < 1.29 is 0 Å². The highest BCUT2D eigenvalue weighted by Crippen LogP contribution is 2.17. The number of H-pyrrole nitrogens is 1. The van der Waals surface area contributed by atoms with Gasteiger partial charge in [-0.15, -0.1) is 0 Å². The molecule has 94 valence electrons. The Hall–Kier alpha value is -2.33. The van der Waals surface area contributed by atoms with Crippen molar-refractivity contribution in [3.05, 3.63) is 74.4 Å². The van der Waals surface area contributed by atoms with E-state index in [9.17, 15) is 9.59 Å². The maximum absolute atomic E-state index is 12.4. The van der Waals surface area contributed by atoms with E-state index in [1.807, 2.05) is 6.07 Å². The topological polar surface area (TPSA) is 54.9 Å². The van der Waals surface area contributed by atoms with Gasteiger partial charge in [0.15, 0.2) is 0 Å². The first-order valence-electron chi connectivity index (χ1n) is 5.67. The molecule has 0 bridgehead atoms. The minimum atomic E-state index is -0.503. The first kappa shape index (κ1) is 11.7. The number of nitrogens with zero attached hydrogens (tertiary/aromatic N) is 1. The molecule has 0 aliphatic carbocycles. The number of halogens is 1. The molecule has 0 fully saturated rings. The number of nitrogens with one attached hydrogen (secondary N) is 1. The molecule has 0 atom stereocenters. The Kier molecular flexibility index (Phi) is 2.72. The second kappa shape index (κ2) is 4.40. The predicted octanol–water partition coefficient (Wildman–Crippen LogP) is 2.33. The summed E-state index contributed by atoms with van der Waals surface area (Å²) in [6.07, 6.45) is 0. The number of benzene rings is 2. The minimum Gasteiger partial charge on any atom is -0.305 e. The SMILES string of the molecule is O=c1[nH]c2c(Cl)cccc2c(=O)n1-c1ccccc1. The van der Waals surface area contributed by atoms with Crippen LogP contribution in [-0.4, -0.2) is 9.55 Å². The molecule has 3 aromatic rings. The number of hydrogen-bond acceptors (Lipinski definition) is 2. The van der Waals surface area contributed by atoms with Crippen molar-refractivity contribution in [2.75, 3.05) is 0 Å². The van der Waals surface area contributed by atoms with Crippen LogP contribution in [-0.2, 0) is 0 Å². The van der Waals surface area contributed by atoms with E-state index in [4.69, 9.17) is 11.6 Å². The van der Waals surface area contributed by atoms with Crippen molar-refractivity contribution in [2.24, 2.45) is 0 Å². The Balaban J connectivity index is 2.47. The van der Waals surface area contributed by atoms with E-state index in [-0.39, 0.29) is 5.56 Å². The largest absolute Gasteiger partial charge is 0.333 e. The van der Waals surface area contributed by atoms with Crippen LogP contribution < -0.4 is 11.2 Å². The average molecular weight is 273 g/mol. The fourth-order valence-electron chi connectivity index (χ4n) is 2.02. The highest BCUT2D eigenvalue weighted by atomic mass is 35.5. The number of hydrogen-bond donors (Lipinski definition) is 1. The molecule has 0 aliphatic rings. The van der Waals surface area contributed by atoms with Gasteiger partial charge in [0.05, 0.1) is 21.6 Å². The molecule has 4 nitrogen and oxygen atoms in total. The van der Waals surface area contributed by atoms with Gasteiger partial charge in [-0.25, -0.2) is 9.36 Å². The van der Waals surface area contributed by atoms with E-state index >= 15 is 0 Å². The van der Waals surface area contributed by atoms with E-state index in [1.54, 1.807) is 42.5 Å². The number of rotatable bonds is 1. The second-order valence-corrected chi connectivity index (χ2v) is 4.48. The Bertz CT molecular complexity index is 866. The third-order valence-electron chi connectivity index (χ3n) is 2.90. The fourth-order valence-corrected chi connectivity index (χ4v) is 2.24. The number of aromatic nitrogens is 2. The van der Waals surface area contributed by atoms with Crippen LogP contribution in [0.4, 0.5) is 0 Å². The molecule has 2 aromatic carbocycles. The summed E-state index contributed by atoms with van der Waals surface area (Å²) in [5.41, 5.74) is 0.00576. The first-order valence-corrected chi connectivity index (χ1v) is 6.05. The van der Waals surface area contributed by atoms with E-state index in [1.165, 1.54) is 0 Å².